The summed E-state index contributed by atoms with van der Waals surface area (Å²) < 4.78 is 0. The summed E-state index contributed by atoms with van der Waals surface area (Å²) in [4.78, 5) is 4.88. The Balaban J connectivity index is 0.699. The standard InChI is InChI=1S/C101H72N2/c1-101(2)97-63-58-81(89-47-24-49-93-88(46-23-50-94(89)93)80-39-21-41-85(67-80)102(82-59-54-72(55-60-82)69-26-6-3-7-27-69)98-52-16-14-43-90(98)77-36-18-34-75(64-77)70-28-8-4-9-29-70)68-96(97)95-51-25-48-92(100(95)101)74-56-61-83(62-57-74)103(84-40-20-38-79(66-84)87-45-22-33-73-32-12-13-42-86(73)87)99-53-17-15-44-91(99)78-37-19-35-76(65-78)71-30-10-5-11-31-71/h3-68H,1-2H3. The molecule has 2 heteroatoms. The summed E-state index contributed by atoms with van der Waals surface area (Å²) in [5.41, 5.74) is 32.8. The van der Waals surface area contributed by atoms with Gasteiger partial charge in [0.15, 0.2) is 0 Å². The molecule has 0 aliphatic heterocycles. The summed E-state index contributed by atoms with van der Waals surface area (Å²) in [6.45, 7) is 4.82. The Bertz CT molecular complexity index is 6010. The van der Waals surface area contributed by atoms with Gasteiger partial charge in [0, 0.05) is 39.3 Å². The fourth-order valence-corrected chi connectivity index (χ4v) is 16.1. The minimum Gasteiger partial charge on any atom is -0.310 e. The molecule has 486 valence electrons. The maximum absolute atomic E-state index is 2.46. The van der Waals surface area contributed by atoms with Gasteiger partial charge < -0.3 is 9.80 Å². The molecule has 0 saturated heterocycles. The average molecular weight is 1310 g/mol. The van der Waals surface area contributed by atoms with Gasteiger partial charge in [0.25, 0.3) is 0 Å². The third kappa shape index (κ3) is 11.6. The predicted molar refractivity (Wildman–Crippen MR) is 437 cm³/mol. The van der Waals surface area contributed by atoms with E-state index >= 15 is 0 Å². The van der Waals surface area contributed by atoms with Gasteiger partial charge in [0.2, 0.25) is 0 Å². The first-order valence-electron chi connectivity index (χ1n) is 35.7. The minimum absolute atomic E-state index is 0.277. The smallest absolute Gasteiger partial charge is 0.0540 e. The molecule has 0 bridgehead atoms. The van der Waals surface area contributed by atoms with Crippen LogP contribution >= 0.6 is 0 Å². The quantitative estimate of drug-likeness (QED) is 0.101. The molecule has 0 amide bonds. The highest BCUT2D eigenvalue weighted by molar-refractivity contribution is 6.06. The van der Waals surface area contributed by atoms with E-state index < -0.39 is 0 Å². The fourth-order valence-electron chi connectivity index (χ4n) is 16.1. The van der Waals surface area contributed by atoms with Gasteiger partial charge in [-0.25, -0.2) is 0 Å². The number of hydrogen-bond donors (Lipinski definition) is 0. The number of anilines is 6. The van der Waals surface area contributed by atoms with Crippen LogP contribution in [0.25, 0.3) is 133 Å². The minimum atomic E-state index is -0.277. The molecule has 0 radical (unpaired) electrons. The van der Waals surface area contributed by atoms with Gasteiger partial charge in [-0.3, -0.25) is 0 Å². The summed E-state index contributed by atoms with van der Waals surface area (Å²) in [5.74, 6) is 0. The van der Waals surface area contributed by atoms with Gasteiger partial charge in [0.05, 0.1) is 11.4 Å². The van der Waals surface area contributed by atoms with Crippen LogP contribution in [0, 0.1) is 0 Å². The fraction of sp³-hybridized carbons (Fsp3) is 0.0297. The third-order valence-electron chi connectivity index (χ3n) is 21.0. The van der Waals surface area contributed by atoms with Gasteiger partial charge in [-0.05, 0) is 212 Å². The first kappa shape index (κ1) is 62.1. The second-order valence-electron chi connectivity index (χ2n) is 27.5. The summed E-state index contributed by atoms with van der Waals surface area (Å²) in [6, 6.07) is 147. The van der Waals surface area contributed by atoms with Crippen LogP contribution in [0.1, 0.15) is 25.0 Å². The van der Waals surface area contributed by atoms with Crippen molar-refractivity contribution in [2.75, 3.05) is 9.80 Å². The second-order valence-corrected chi connectivity index (χ2v) is 27.5. The zero-order valence-corrected chi connectivity index (χ0v) is 57.5. The molecule has 17 aromatic rings. The lowest BCUT2D eigenvalue weighted by Crippen LogP contribution is -2.16. The molecule has 2 nitrogen and oxygen atoms in total. The topological polar surface area (TPSA) is 6.48 Å². The molecule has 0 saturated carbocycles. The highest BCUT2D eigenvalue weighted by atomic mass is 15.2. The number of fused-ring (bicyclic) bond motifs is 5. The van der Waals surface area contributed by atoms with Crippen LogP contribution in [0.3, 0.4) is 0 Å². The van der Waals surface area contributed by atoms with E-state index in [1.807, 2.05) is 0 Å². The van der Waals surface area contributed by atoms with E-state index in [0.29, 0.717) is 0 Å². The monoisotopic (exact) mass is 1310 g/mol. The lowest BCUT2D eigenvalue weighted by atomic mass is 9.78. The van der Waals surface area contributed by atoms with Crippen molar-refractivity contribution in [2.24, 2.45) is 0 Å². The van der Waals surface area contributed by atoms with E-state index in [4.69, 9.17) is 0 Å². The molecule has 103 heavy (non-hydrogen) atoms. The van der Waals surface area contributed by atoms with Gasteiger partial charge in [-0.1, -0.05) is 335 Å². The van der Waals surface area contributed by atoms with E-state index in [9.17, 15) is 0 Å². The molecule has 0 fully saturated rings. The molecular formula is C101H72N2. The Hall–Kier alpha value is -13.1. The third-order valence-corrected chi connectivity index (χ3v) is 21.0. The second kappa shape index (κ2) is 26.5. The molecule has 0 spiro atoms. The van der Waals surface area contributed by atoms with Crippen molar-refractivity contribution in [2.45, 2.75) is 19.3 Å². The summed E-state index contributed by atoms with van der Waals surface area (Å²) in [5, 5.41) is 4.88. The SMILES string of the molecule is CC1(C)c2ccc(-c3cccc4c(-c5cccc(N(c6ccc(-c7ccccc7)cc6)c6ccccc6-c6cccc(-c7ccccc7)c6)c5)cccc34)cc2-c2cccc(-c3ccc(N(c4cccc(-c5cccc6ccccc56)c4)c4ccccc4-c4cccc(-c5ccccc5)c4)cc3)c21. The Morgan fingerprint density at radius 1 is 0.184 bits per heavy atom. The maximum Gasteiger partial charge on any atom is 0.0540 e. The number of hydrogen-bond acceptors (Lipinski definition) is 2. The lowest BCUT2D eigenvalue weighted by molar-refractivity contribution is 0.662. The molecule has 0 aromatic heterocycles. The van der Waals surface area contributed by atoms with Crippen molar-refractivity contribution in [3.8, 4) is 111 Å². The van der Waals surface area contributed by atoms with Crippen LogP contribution in [0.4, 0.5) is 34.1 Å². The molecule has 0 atom stereocenters. The molecule has 1 aliphatic rings. The van der Waals surface area contributed by atoms with Crippen molar-refractivity contribution >= 4 is 55.7 Å². The Morgan fingerprint density at radius 3 is 1.06 bits per heavy atom. The van der Waals surface area contributed by atoms with Gasteiger partial charge in [-0.15, -0.1) is 0 Å². The first-order valence-corrected chi connectivity index (χ1v) is 35.7. The molecule has 1 aliphatic carbocycles. The number of rotatable bonds is 15. The maximum atomic E-state index is 2.46. The average Bonchev–Trinajstić information content (AvgIpc) is 1.58. The largest absolute Gasteiger partial charge is 0.310 e. The summed E-state index contributed by atoms with van der Waals surface area (Å²) >= 11 is 0. The van der Waals surface area contributed by atoms with E-state index in [1.54, 1.807) is 0 Å². The van der Waals surface area contributed by atoms with Crippen LogP contribution in [-0.4, -0.2) is 0 Å². The number of nitrogens with zero attached hydrogens (tertiary/aromatic N) is 2. The van der Waals surface area contributed by atoms with Gasteiger partial charge >= 0.3 is 0 Å². The molecule has 0 heterocycles. The summed E-state index contributed by atoms with van der Waals surface area (Å²) in [7, 11) is 0. The van der Waals surface area contributed by atoms with Gasteiger partial charge in [-0.2, -0.15) is 0 Å². The predicted octanol–water partition coefficient (Wildman–Crippen LogP) is 28.2. The van der Waals surface area contributed by atoms with Crippen molar-refractivity contribution in [1.29, 1.82) is 0 Å². The number of para-hydroxylation sites is 2. The lowest BCUT2D eigenvalue weighted by Gasteiger charge is -2.29. The van der Waals surface area contributed by atoms with Crippen molar-refractivity contribution < 1.29 is 0 Å². The summed E-state index contributed by atoms with van der Waals surface area (Å²) in [6.07, 6.45) is 0. The van der Waals surface area contributed by atoms with Crippen molar-refractivity contribution in [1.82, 2.24) is 0 Å². The van der Waals surface area contributed by atoms with Crippen LogP contribution in [0.2, 0.25) is 0 Å². The van der Waals surface area contributed by atoms with E-state index in [1.165, 1.54) is 116 Å². The Kier molecular flexibility index (Phi) is 16.0. The normalized spacial score (nSPS) is 12.1. The first-order chi connectivity index (χ1) is 50.8. The Morgan fingerprint density at radius 2 is 0.515 bits per heavy atom. The zero-order valence-electron chi connectivity index (χ0n) is 57.5. The van der Waals surface area contributed by atoms with Crippen LogP contribution in [-0.2, 0) is 5.41 Å². The highest BCUT2D eigenvalue weighted by Crippen LogP contribution is 2.54. The highest BCUT2D eigenvalue weighted by Gasteiger charge is 2.38. The molecule has 18 rings (SSSR count). The zero-order chi connectivity index (χ0) is 68.8. The molecule has 17 aromatic carbocycles. The van der Waals surface area contributed by atoms with Crippen molar-refractivity contribution in [3.63, 3.8) is 0 Å². The van der Waals surface area contributed by atoms with E-state index in [2.05, 4.69) is 424 Å². The van der Waals surface area contributed by atoms with Gasteiger partial charge in [0.1, 0.15) is 0 Å². The number of benzene rings is 17. The van der Waals surface area contributed by atoms with Crippen molar-refractivity contribution in [3.05, 3.63) is 412 Å². The van der Waals surface area contributed by atoms with Crippen LogP contribution in [0.5, 0.6) is 0 Å². The molecule has 0 unspecified atom stereocenters. The molecule has 0 N–H and O–H groups in total. The van der Waals surface area contributed by atoms with E-state index in [-0.39, 0.29) is 5.41 Å². The van der Waals surface area contributed by atoms with Crippen LogP contribution in [0.15, 0.2) is 400 Å². The Labute approximate surface area is 603 Å². The molecular weight excluding hydrogens is 1240 g/mol. The van der Waals surface area contributed by atoms with Crippen LogP contribution < -0.4 is 9.80 Å². The van der Waals surface area contributed by atoms with E-state index in [0.717, 1.165) is 61.9 Å².